The van der Waals surface area contributed by atoms with E-state index < -0.39 is 0 Å². The zero-order chi connectivity index (χ0) is 21.8. The van der Waals surface area contributed by atoms with Crippen LogP contribution < -0.4 is 5.32 Å². The molecule has 2 saturated heterocycles. The highest BCUT2D eigenvalue weighted by atomic mass is 35.5. The van der Waals surface area contributed by atoms with Crippen molar-refractivity contribution in [1.82, 2.24) is 9.80 Å². The minimum absolute atomic E-state index is 0. The van der Waals surface area contributed by atoms with Crippen molar-refractivity contribution < 1.29 is 19.1 Å². The number of carbonyl (C=O) groups excluding carboxylic acids is 3. The van der Waals surface area contributed by atoms with Crippen LogP contribution in [0.4, 0.5) is 5.69 Å². The summed E-state index contributed by atoms with van der Waals surface area (Å²) in [6.07, 6.45) is 6.54. The Labute approximate surface area is 197 Å². The third-order valence-corrected chi connectivity index (χ3v) is 6.83. The van der Waals surface area contributed by atoms with E-state index in [1.807, 2.05) is 30.5 Å². The Kier molecular flexibility index (Phi) is 5.68. The second-order valence-electron chi connectivity index (χ2n) is 9.05. The van der Waals surface area contributed by atoms with Crippen molar-refractivity contribution in [3.8, 4) is 0 Å². The maximum absolute atomic E-state index is 12.6. The molecule has 1 aromatic rings. The number of aliphatic imine (C=N–C) groups is 1. The summed E-state index contributed by atoms with van der Waals surface area (Å²) < 4.78 is 5.40. The van der Waals surface area contributed by atoms with Crippen LogP contribution in [0.3, 0.4) is 0 Å². The molecule has 6 rings (SSSR count). The number of fused-ring (bicyclic) bond motifs is 2. The van der Waals surface area contributed by atoms with Gasteiger partial charge in [0, 0.05) is 43.0 Å². The number of anilines is 1. The molecule has 33 heavy (non-hydrogen) atoms. The van der Waals surface area contributed by atoms with Gasteiger partial charge in [-0.15, -0.1) is 12.4 Å². The fourth-order valence-electron chi connectivity index (χ4n) is 4.97. The van der Waals surface area contributed by atoms with Gasteiger partial charge in [-0.3, -0.25) is 29.2 Å². The molecule has 5 aliphatic rings. The van der Waals surface area contributed by atoms with Gasteiger partial charge >= 0.3 is 0 Å². The van der Waals surface area contributed by atoms with E-state index in [1.54, 1.807) is 0 Å². The number of hydrogen-bond donors (Lipinski definition) is 1. The SMILES string of the molecule is Cl.O=C1Nc2ccc(CN3C(=O)[C@H]4C[C@H]4C3=O)cc2/C1=C/C1=CC(CN2CCOCC2)C=N1. The van der Waals surface area contributed by atoms with Crippen molar-refractivity contribution in [1.29, 1.82) is 0 Å². The Bertz CT molecular complexity index is 1100. The largest absolute Gasteiger partial charge is 0.379 e. The molecular formula is C24H25ClN4O4. The van der Waals surface area contributed by atoms with Crippen LogP contribution in [0.1, 0.15) is 17.5 Å². The first-order valence-electron chi connectivity index (χ1n) is 11.1. The number of carbonyl (C=O) groups is 3. The van der Waals surface area contributed by atoms with E-state index in [2.05, 4.69) is 21.3 Å². The van der Waals surface area contributed by atoms with Crippen molar-refractivity contribution in [3.05, 3.63) is 47.2 Å². The lowest BCUT2D eigenvalue weighted by Gasteiger charge is -2.27. The molecule has 1 aromatic carbocycles. The van der Waals surface area contributed by atoms with E-state index in [9.17, 15) is 14.4 Å². The summed E-state index contributed by atoms with van der Waals surface area (Å²) in [4.78, 5) is 45.5. The molecule has 0 bridgehead atoms. The van der Waals surface area contributed by atoms with Crippen LogP contribution in [0, 0.1) is 17.8 Å². The second-order valence-corrected chi connectivity index (χ2v) is 9.05. The summed E-state index contributed by atoms with van der Waals surface area (Å²) in [7, 11) is 0. The predicted octanol–water partition coefficient (Wildman–Crippen LogP) is 1.87. The van der Waals surface area contributed by atoms with Crippen molar-refractivity contribution in [2.24, 2.45) is 22.7 Å². The Balaban J connectivity index is 0.00000228. The molecule has 9 heteroatoms. The zero-order valence-corrected chi connectivity index (χ0v) is 18.8. The lowest BCUT2D eigenvalue weighted by molar-refractivity contribution is -0.142. The van der Waals surface area contributed by atoms with Gasteiger partial charge in [-0.05, 0) is 36.3 Å². The van der Waals surface area contributed by atoms with E-state index >= 15 is 0 Å². The van der Waals surface area contributed by atoms with Crippen LogP contribution in [0.2, 0.25) is 0 Å². The molecule has 1 N–H and O–H groups in total. The number of halogens is 1. The first-order valence-corrected chi connectivity index (χ1v) is 11.1. The van der Waals surface area contributed by atoms with Crippen LogP contribution in [0.5, 0.6) is 0 Å². The Hall–Kier alpha value is -2.81. The number of hydrogen-bond acceptors (Lipinski definition) is 6. The average molecular weight is 469 g/mol. The van der Waals surface area contributed by atoms with E-state index in [0.717, 1.165) is 55.4 Å². The first-order chi connectivity index (χ1) is 15.6. The second kappa shape index (κ2) is 8.52. The van der Waals surface area contributed by atoms with Crippen molar-refractivity contribution in [2.75, 3.05) is 38.2 Å². The number of allylic oxidation sites excluding steroid dienone is 1. The molecule has 3 amide bonds. The first kappa shape index (κ1) is 22.0. The van der Waals surface area contributed by atoms with Crippen molar-refractivity contribution in [2.45, 2.75) is 13.0 Å². The number of piperidine rings is 1. The summed E-state index contributed by atoms with van der Waals surface area (Å²) >= 11 is 0. The van der Waals surface area contributed by atoms with Gasteiger partial charge in [0.15, 0.2) is 0 Å². The highest BCUT2D eigenvalue weighted by Crippen LogP contribution is 2.47. The van der Waals surface area contributed by atoms with Crippen LogP contribution in [0.15, 0.2) is 41.0 Å². The number of nitrogens with one attached hydrogen (secondary N) is 1. The van der Waals surface area contributed by atoms with Gasteiger partial charge in [-0.25, -0.2) is 0 Å². The smallest absolute Gasteiger partial charge is 0.256 e. The third kappa shape index (κ3) is 4.03. The molecule has 0 radical (unpaired) electrons. The minimum atomic E-state index is -0.167. The van der Waals surface area contributed by atoms with Crippen LogP contribution in [-0.2, 0) is 25.7 Å². The molecule has 4 aliphatic heterocycles. The Morgan fingerprint density at radius 3 is 2.64 bits per heavy atom. The number of nitrogens with zero attached hydrogens (tertiary/aromatic N) is 3. The number of amides is 3. The minimum Gasteiger partial charge on any atom is -0.379 e. The monoisotopic (exact) mass is 468 g/mol. The van der Waals surface area contributed by atoms with Gasteiger partial charge in [0.25, 0.3) is 5.91 Å². The fourth-order valence-corrected chi connectivity index (χ4v) is 4.97. The lowest BCUT2D eigenvalue weighted by Crippen LogP contribution is -2.39. The lowest BCUT2D eigenvalue weighted by atomic mass is 10.0. The molecule has 0 spiro atoms. The van der Waals surface area contributed by atoms with Gasteiger partial charge in [0.1, 0.15) is 0 Å². The third-order valence-electron chi connectivity index (χ3n) is 6.83. The van der Waals surface area contributed by atoms with Gasteiger partial charge in [0.2, 0.25) is 11.8 Å². The molecule has 0 aromatic heterocycles. The standard InChI is InChI=1S/C24H24N4O4.ClH/c29-22-18(9-16-7-15(11-25-16)12-27-3-5-32-6-4-27)17-8-14(1-2-21(17)26-22)13-28-23(30)19-10-20(19)24(28)31;/h1-2,7-9,11,15,19-20H,3-6,10,12-13H2,(H,26,29);1H/b18-9-;/t15?,19-,20+;. The highest BCUT2D eigenvalue weighted by molar-refractivity contribution is 6.32. The topological polar surface area (TPSA) is 91.3 Å². The molecular weight excluding hydrogens is 444 g/mol. The zero-order valence-electron chi connectivity index (χ0n) is 18.0. The van der Waals surface area contributed by atoms with Gasteiger partial charge < -0.3 is 10.1 Å². The quantitative estimate of drug-likeness (QED) is 0.526. The summed E-state index contributed by atoms with van der Waals surface area (Å²) in [5.41, 5.74) is 3.68. The van der Waals surface area contributed by atoms with Crippen LogP contribution in [0.25, 0.3) is 5.57 Å². The van der Waals surface area contributed by atoms with Gasteiger partial charge in [-0.2, -0.15) is 0 Å². The molecule has 4 heterocycles. The van der Waals surface area contributed by atoms with E-state index in [0.29, 0.717) is 12.0 Å². The fraction of sp³-hybridized carbons (Fsp3) is 0.417. The number of morpholine rings is 1. The molecule has 1 aliphatic carbocycles. The molecule has 3 fully saturated rings. The number of benzene rings is 1. The Morgan fingerprint density at radius 2 is 1.88 bits per heavy atom. The summed E-state index contributed by atoms with van der Waals surface area (Å²) in [5.74, 6) is -0.292. The highest BCUT2D eigenvalue weighted by Gasteiger charge is 2.58. The number of likely N-dealkylation sites (tertiary alicyclic amines) is 1. The van der Waals surface area contributed by atoms with Crippen molar-refractivity contribution in [3.63, 3.8) is 0 Å². The van der Waals surface area contributed by atoms with Gasteiger partial charge in [0.05, 0.1) is 42.9 Å². The normalized spacial score (nSPS) is 29.2. The molecule has 3 atom stereocenters. The van der Waals surface area contributed by atoms with Gasteiger partial charge in [-0.1, -0.05) is 6.07 Å². The summed E-state index contributed by atoms with van der Waals surface area (Å²) in [6, 6.07) is 5.59. The molecule has 1 saturated carbocycles. The summed E-state index contributed by atoms with van der Waals surface area (Å²) in [6.45, 7) is 4.53. The average Bonchev–Trinajstić information content (AvgIpc) is 3.31. The maximum Gasteiger partial charge on any atom is 0.256 e. The number of ether oxygens (including phenoxy) is 1. The van der Waals surface area contributed by atoms with E-state index in [4.69, 9.17) is 4.74 Å². The van der Waals surface area contributed by atoms with Crippen LogP contribution >= 0.6 is 12.4 Å². The van der Waals surface area contributed by atoms with Crippen molar-refractivity contribution >= 4 is 47.6 Å². The maximum atomic E-state index is 12.6. The summed E-state index contributed by atoms with van der Waals surface area (Å²) in [5, 5.41) is 2.89. The molecule has 8 nitrogen and oxygen atoms in total. The van der Waals surface area contributed by atoms with E-state index in [1.165, 1.54) is 4.90 Å². The number of rotatable bonds is 5. The van der Waals surface area contributed by atoms with E-state index in [-0.39, 0.29) is 54.4 Å². The Morgan fingerprint density at radius 1 is 1.12 bits per heavy atom. The molecule has 172 valence electrons. The number of imide groups is 1. The predicted molar refractivity (Wildman–Crippen MR) is 125 cm³/mol. The van der Waals surface area contributed by atoms with Crippen LogP contribution in [-0.4, -0.2) is 66.6 Å². The molecule has 1 unspecified atom stereocenters.